The Kier molecular flexibility index (Phi) is 7.22. The Hall–Kier alpha value is -2.71. The highest BCUT2D eigenvalue weighted by Crippen LogP contribution is 2.27. The maximum Gasteiger partial charge on any atom is 0.223 e. The van der Waals surface area contributed by atoms with Gasteiger partial charge in [0.25, 0.3) is 0 Å². The third kappa shape index (κ3) is 4.86. The highest BCUT2D eigenvalue weighted by atomic mass is 35.5. The first kappa shape index (κ1) is 22.5. The number of aromatic nitrogens is 4. The molecule has 170 valence electrons. The van der Waals surface area contributed by atoms with Gasteiger partial charge in [-0.25, -0.2) is 0 Å². The number of carbonyl (C=O) groups is 1. The minimum absolute atomic E-state index is 0.0558. The maximum absolute atomic E-state index is 12.6. The van der Waals surface area contributed by atoms with Crippen LogP contribution in [0.25, 0.3) is 17.0 Å². The molecule has 0 aliphatic carbocycles. The maximum atomic E-state index is 12.6. The van der Waals surface area contributed by atoms with Crippen molar-refractivity contribution in [3.05, 3.63) is 41.4 Å². The van der Waals surface area contributed by atoms with Gasteiger partial charge in [-0.1, -0.05) is 37.6 Å². The van der Waals surface area contributed by atoms with Gasteiger partial charge < -0.3 is 15.1 Å². The van der Waals surface area contributed by atoms with Gasteiger partial charge in [-0.05, 0) is 50.2 Å². The van der Waals surface area contributed by atoms with Crippen LogP contribution in [0.5, 0.6) is 0 Å². The highest BCUT2D eigenvalue weighted by molar-refractivity contribution is 6.33. The van der Waals surface area contributed by atoms with Gasteiger partial charge in [0.15, 0.2) is 11.5 Å². The zero-order valence-corrected chi connectivity index (χ0v) is 19.4. The van der Waals surface area contributed by atoms with E-state index in [-0.39, 0.29) is 11.8 Å². The molecule has 3 aromatic rings. The number of rotatable bonds is 8. The van der Waals surface area contributed by atoms with E-state index in [9.17, 15) is 4.79 Å². The fourth-order valence-corrected chi connectivity index (χ4v) is 4.37. The molecule has 1 amide bonds. The Morgan fingerprint density at radius 1 is 1.12 bits per heavy atom. The molecule has 2 aromatic heterocycles. The summed E-state index contributed by atoms with van der Waals surface area (Å²) in [6, 6.07) is 11.4. The number of amides is 1. The first-order valence-corrected chi connectivity index (χ1v) is 11.7. The monoisotopic (exact) mass is 455 g/mol. The minimum atomic E-state index is 0.0558. The van der Waals surface area contributed by atoms with E-state index >= 15 is 0 Å². The molecule has 4 rings (SSSR count). The number of hydrogen-bond acceptors (Lipinski definition) is 6. The molecule has 0 bridgehead atoms. The van der Waals surface area contributed by atoms with Gasteiger partial charge >= 0.3 is 0 Å². The van der Waals surface area contributed by atoms with E-state index in [4.69, 9.17) is 16.7 Å². The summed E-state index contributed by atoms with van der Waals surface area (Å²) < 4.78 is 1.74. The molecule has 8 nitrogen and oxygen atoms in total. The molecule has 1 aliphatic rings. The fraction of sp³-hybridized carbons (Fsp3) is 0.478. The third-order valence-electron chi connectivity index (χ3n) is 6.17. The molecule has 0 saturated carbocycles. The fourth-order valence-electron chi connectivity index (χ4n) is 4.15. The SMILES string of the molecule is CCN(CC)CCNC(=O)C1CCN(c2ccc3nnc(-c4ccccc4Cl)n3n2)CC1. The predicted octanol–water partition coefficient (Wildman–Crippen LogP) is 3.12. The van der Waals surface area contributed by atoms with Gasteiger partial charge in [0.1, 0.15) is 5.82 Å². The van der Waals surface area contributed by atoms with Crippen molar-refractivity contribution in [1.82, 2.24) is 30.0 Å². The molecule has 0 spiro atoms. The quantitative estimate of drug-likeness (QED) is 0.562. The van der Waals surface area contributed by atoms with Crippen LogP contribution >= 0.6 is 11.6 Å². The normalized spacial score (nSPS) is 14.9. The largest absolute Gasteiger partial charge is 0.355 e. The van der Waals surface area contributed by atoms with Gasteiger partial charge in [0.05, 0.1) is 5.02 Å². The lowest BCUT2D eigenvalue weighted by atomic mass is 9.96. The van der Waals surface area contributed by atoms with Crippen LogP contribution in [0.15, 0.2) is 36.4 Å². The molecule has 1 aliphatic heterocycles. The van der Waals surface area contributed by atoms with Crippen LogP contribution in [-0.4, -0.2) is 69.9 Å². The van der Waals surface area contributed by atoms with E-state index in [1.165, 1.54) is 0 Å². The van der Waals surface area contributed by atoms with Gasteiger partial charge in [-0.2, -0.15) is 4.52 Å². The molecule has 1 N–H and O–H groups in total. The lowest BCUT2D eigenvalue weighted by Gasteiger charge is -2.32. The number of likely N-dealkylation sites (N-methyl/N-ethyl adjacent to an activating group) is 1. The molecule has 0 atom stereocenters. The van der Waals surface area contributed by atoms with Crippen LogP contribution in [0, 0.1) is 5.92 Å². The van der Waals surface area contributed by atoms with Crippen LogP contribution in [0.2, 0.25) is 5.02 Å². The van der Waals surface area contributed by atoms with Gasteiger partial charge in [-0.15, -0.1) is 15.3 Å². The summed E-state index contributed by atoms with van der Waals surface area (Å²) in [6.07, 6.45) is 1.63. The summed E-state index contributed by atoms with van der Waals surface area (Å²) in [7, 11) is 0. The van der Waals surface area contributed by atoms with Gasteiger partial charge in [-0.3, -0.25) is 4.79 Å². The molecule has 1 aromatic carbocycles. The van der Waals surface area contributed by atoms with Crippen LogP contribution in [0.4, 0.5) is 5.82 Å². The van der Waals surface area contributed by atoms with Crippen LogP contribution in [0.1, 0.15) is 26.7 Å². The number of piperidine rings is 1. The van der Waals surface area contributed by atoms with Crippen molar-refractivity contribution in [3.63, 3.8) is 0 Å². The lowest BCUT2D eigenvalue weighted by molar-refractivity contribution is -0.125. The number of benzene rings is 1. The van der Waals surface area contributed by atoms with Gasteiger partial charge in [0.2, 0.25) is 5.91 Å². The molecular weight excluding hydrogens is 426 g/mol. The average Bonchev–Trinajstić information content (AvgIpc) is 3.25. The Balaban J connectivity index is 1.39. The zero-order chi connectivity index (χ0) is 22.5. The number of fused-ring (bicyclic) bond motifs is 1. The van der Waals surface area contributed by atoms with E-state index in [0.29, 0.717) is 23.0 Å². The van der Waals surface area contributed by atoms with E-state index < -0.39 is 0 Å². The summed E-state index contributed by atoms with van der Waals surface area (Å²) in [5, 5.41) is 17.0. The minimum Gasteiger partial charge on any atom is -0.355 e. The smallest absolute Gasteiger partial charge is 0.223 e. The second-order valence-corrected chi connectivity index (χ2v) is 8.45. The van der Waals surface area contributed by atoms with E-state index in [1.54, 1.807) is 4.52 Å². The molecule has 9 heteroatoms. The van der Waals surface area contributed by atoms with Crippen molar-refractivity contribution in [2.24, 2.45) is 5.92 Å². The number of nitrogens with zero attached hydrogens (tertiary/aromatic N) is 6. The van der Waals surface area contributed by atoms with E-state index in [0.717, 1.165) is 56.9 Å². The summed E-state index contributed by atoms with van der Waals surface area (Å²) in [5.74, 6) is 1.70. The Morgan fingerprint density at radius 2 is 1.88 bits per heavy atom. The number of anilines is 1. The Labute approximate surface area is 193 Å². The third-order valence-corrected chi connectivity index (χ3v) is 6.50. The zero-order valence-electron chi connectivity index (χ0n) is 18.7. The van der Waals surface area contributed by atoms with Crippen LogP contribution in [-0.2, 0) is 4.79 Å². The highest BCUT2D eigenvalue weighted by Gasteiger charge is 2.26. The summed E-state index contributed by atoms with van der Waals surface area (Å²) >= 11 is 6.36. The Morgan fingerprint density at radius 3 is 2.59 bits per heavy atom. The first-order valence-electron chi connectivity index (χ1n) is 11.3. The lowest BCUT2D eigenvalue weighted by Crippen LogP contribution is -2.43. The van der Waals surface area contributed by atoms with Crippen molar-refractivity contribution in [1.29, 1.82) is 0 Å². The van der Waals surface area contributed by atoms with Crippen molar-refractivity contribution in [2.75, 3.05) is 44.2 Å². The molecule has 1 fully saturated rings. The summed E-state index contributed by atoms with van der Waals surface area (Å²) in [4.78, 5) is 17.1. The molecule has 3 heterocycles. The predicted molar refractivity (Wildman–Crippen MR) is 127 cm³/mol. The van der Waals surface area contributed by atoms with Gasteiger partial charge in [0, 0.05) is 37.7 Å². The Bertz CT molecular complexity index is 1060. The molecular formula is C23H30ClN7O. The first-order chi connectivity index (χ1) is 15.6. The van der Waals surface area contributed by atoms with Crippen LogP contribution in [0.3, 0.4) is 0 Å². The van der Waals surface area contributed by atoms with E-state index in [1.807, 2.05) is 36.4 Å². The number of carbonyl (C=O) groups excluding carboxylic acids is 1. The number of halogens is 1. The number of hydrogen-bond donors (Lipinski definition) is 1. The standard InChI is InChI=1S/C23H30ClN7O/c1-3-29(4-2)16-13-25-23(32)17-11-14-30(15-12-17)21-10-9-20-26-27-22(31(20)28-21)18-7-5-6-8-19(18)24/h5-10,17H,3-4,11-16H2,1-2H3,(H,25,32). The van der Waals surface area contributed by atoms with Crippen LogP contribution < -0.4 is 10.2 Å². The topological polar surface area (TPSA) is 78.7 Å². The molecule has 1 saturated heterocycles. The number of nitrogens with one attached hydrogen (secondary N) is 1. The molecule has 0 radical (unpaired) electrons. The molecule has 0 unspecified atom stereocenters. The van der Waals surface area contributed by atoms with Crippen molar-refractivity contribution in [3.8, 4) is 11.4 Å². The summed E-state index contributed by atoms with van der Waals surface area (Å²) in [6.45, 7) is 9.48. The van der Waals surface area contributed by atoms with Crippen molar-refractivity contribution < 1.29 is 4.79 Å². The second-order valence-electron chi connectivity index (χ2n) is 8.04. The van der Waals surface area contributed by atoms with Crippen molar-refractivity contribution >= 4 is 29.0 Å². The second kappa shape index (κ2) is 10.3. The van der Waals surface area contributed by atoms with E-state index in [2.05, 4.69) is 39.2 Å². The average molecular weight is 456 g/mol. The van der Waals surface area contributed by atoms with Crippen molar-refractivity contribution in [2.45, 2.75) is 26.7 Å². The molecule has 32 heavy (non-hydrogen) atoms. The summed E-state index contributed by atoms with van der Waals surface area (Å²) in [5.41, 5.74) is 1.47.